The van der Waals surface area contributed by atoms with Crippen molar-refractivity contribution in [2.75, 3.05) is 20.8 Å². The first-order chi connectivity index (χ1) is 9.57. The lowest BCUT2D eigenvalue weighted by Crippen LogP contribution is -2.26. The number of hydrogen-bond acceptors (Lipinski definition) is 5. The van der Waals surface area contributed by atoms with Crippen LogP contribution >= 0.6 is 0 Å². The Morgan fingerprint density at radius 1 is 1.30 bits per heavy atom. The Kier molecular flexibility index (Phi) is 6.41. The molecular formula is C14H21NO5. The summed E-state index contributed by atoms with van der Waals surface area (Å²) in [4.78, 5) is 23.7. The quantitative estimate of drug-likeness (QED) is 0.556. The Hall–Kier alpha value is -1.66. The fraction of sp³-hybridized carbons (Fsp3) is 0.571. The first kappa shape index (κ1) is 16.4. The molecule has 0 bridgehead atoms. The minimum atomic E-state index is -0.611. The zero-order chi connectivity index (χ0) is 15.1. The number of hydrogen-bond donors (Lipinski definition) is 0. The molecule has 1 aromatic rings. The topological polar surface area (TPSA) is 66.8 Å². The Labute approximate surface area is 118 Å². The highest BCUT2D eigenvalue weighted by molar-refractivity contribution is 5.88. The summed E-state index contributed by atoms with van der Waals surface area (Å²) in [5.41, 5.74) is 0.500. The molecule has 0 aliphatic carbocycles. The molecule has 0 saturated carbocycles. The number of pyridine rings is 1. The van der Waals surface area contributed by atoms with Gasteiger partial charge in [-0.15, -0.1) is 0 Å². The number of nitrogens with zero attached hydrogens (tertiary/aromatic N) is 1. The van der Waals surface area contributed by atoms with Gasteiger partial charge in [-0.1, -0.05) is 6.92 Å². The van der Waals surface area contributed by atoms with E-state index in [2.05, 4.69) is 0 Å². The van der Waals surface area contributed by atoms with Crippen molar-refractivity contribution < 1.29 is 19.0 Å². The Balaban J connectivity index is 3.17. The second-order valence-electron chi connectivity index (χ2n) is 4.17. The summed E-state index contributed by atoms with van der Waals surface area (Å²) in [7, 11) is 3.07. The van der Waals surface area contributed by atoms with Crippen LogP contribution in [0.2, 0.25) is 0 Å². The van der Waals surface area contributed by atoms with Crippen LogP contribution in [-0.4, -0.2) is 37.7 Å². The molecule has 1 heterocycles. The predicted octanol–water partition coefficient (Wildman–Crippen LogP) is 1.21. The lowest BCUT2D eigenvalue weighted by atomic mass is 10.2. The molecule has 0 fully saturated rings. The van der Waals surface area contributed by atoms with Crippen molar-refractivity contribution in [2.24, 2.45) is 0 Å². The molecule has 0 unspecified atom stereocenters. The normalized spacial score (nSPS) is 10.8. The molecule has 112 valence electrons. The van der Waals surface area contributed by atoms with E-state index in [9.17, 15) is 9.59 Å². The third kappa shape index (κ3) is 3.91. The van der Waals surface area contributed by atoms with Gasteiger partial charge in [-0.05, 0) is 13.3 Å². The van der Waals surface area contributed by atoms with Crippen LogP contribution in [0.1, 0.15) is 29.9 Å². The van der Waals surface area contributed by atoms with Crippen molar-refractivity contribution in [3.8, 4) is 0 Å². The SMILES string of the molecule is CCOC(=O)c1cn(CC(OC)OC)c(CC)cc1=O. The van der Waals surface area contributed by atoms with Gasteiger partial charge in [0.1, 0.15) is 5.56 Å². The second kappa shape index (κ2) is 7.81. The molecule has 1 rings (SSSR count). The number of ether oxygens (including phenoxy) is 3. The second-order valence-corrected chi connectivity index (χ2v) is 4.17. The van der Waals surface area contributed by atoms with Crippen molar-refractivity contribution in [1.82, 2.24) is 4.57 Å². The van der Waals surface area contributed by atoms with Crippen LogP contribution in [0.5, 0.6) is 0 Å². The third-order valence-corrected chi connectivity index (χ3v) is 2.95. The van der Waals surface area contributed by atoms with Gasteiger partial charge in [0.25, 0.3) is 0 Å². The maximum absolute atomic E-state index is 11.9. The van der Waals surface area contributed by atoms with E-state index >= 15 is 0 Å². The van der Waals surface area contributed by atoms with Crippen LogP contribution in [0.4, 0.5) is 0 Å². The Morgan fingerprint density at radius 3 is 2.45 bits per heavy atom. The van der Waals surface area contributed by atoms with Gasteiger partial charge in [-0.3, -0.25) is 4.79 Å². The lowest BCUT2D eigenvalue weighted by Gasteiger charge is -2.19. The highest BCUT2D eigenvalue weighted by Gasteiger charge is 2.16. The maximum Gasteiger partial charge on any atom is 0.343 e. The highest BCUT2D eigenvalue weighted by Crippen LogP contribution is 2.06. The minimum Gasteiger partial charge on any atom is -0.462 e. The fourth-order valence-electron chi connectivity index (χ4n) is 1.86. The largest absolute Gasteiger partial charge is 0.462 e. The molecule has 0 aliphatic heterocycles. The molecule has 0 spiro atoms. The zero-order valence-corrected chi connectivity index (χ0v) is 12.3. The molecule has 0 amide bonds. The average molecular weight is 283 g/mol. The van der Waals surface area contributed by atoms with E-state index in [1.54, 1.807) is 11.5 Å². The summed E-state index contributed by atoms with van der Waals surface area (Å²) < 4.78 is 17.0. The van der Waals surface area contributed by atoms with Gasteiger partial charge in [-0.2, -0.15) is 0 Å². The minimum absolute atomic E-state index is 0.0232. The zero-order valence-electron chi connectivity index (χ0n) is 12.3. The van der Waals surface area contributed by atoms with E-state index in [0.29, 0.717) is 13.0 Å². The van der Waals surface area contributed by atoms with Crippen molar-refractivity contribution >= 4 is 5.97 Å². The number of aromatic nitrogens is 1. The standard InChI is InChI=1S/C14H21NO5/c1-5-10-7-12(16)11(14(17)20-6-2)8-15(10)9-13(18-3)19-4/h7-8,13H,5-6,9H2,1-4H3. The molecule has 0 radical (unpaired) electrons. The molecule has 0 N–H and O–H groups in total. The molecule has 6 nitrogen and oxygen atoms in total. The molecular weight excluding hydrogens is 262 g/mol. The molecule has 0 atom stereocenters. The van der Waals surface area contributed by atoms with Crippen molar-refractivity contribution in [3.63, 3.8) is 0 Å². The van der Waals surface area contributed by atoms with Gasteiger partial charge in [0, 0.05) is 32.2 Å². The summed E-state index contributed by atoms with van der Waals surface area (Å²) in [6.45, 7) is 4.25. The van der Waals surface area contributed by atoms with E-state index in [4.69, 9.17) is 14.2 Å². The number of rotatable bonds is 7. The van der Waals surface area contributed by atoms with Crippen LogP contribution in [0.3, 0.4) is 0 Å². The first-order valence-corrected chi connectivity index (χ1v) is 6.53. The predicted molar refractivity (Wildman–Crippen MR) is 73.8 cm³/mol. The number of carbonyl (C=O) groups is 1. The van der Waals surface area contributed by atoms with E-state index in [1.165, 1.54) is 26.5 Å². The van der Waals surface area contributed by atoms with Crippen molar-refractivity contribution in [3.05, 3.63) is 33.7 Å². The molecule has 0 aromatic carbocycles. The monoisotopic (exact) mass is 283 g/mol. The molecule has 20 heavy (non-hydrogen) atoms. The molecule has 6 heteroatoms. The number of esters is 1. The number of methoxy groups -OCH3 is 2. The van der Waals surface area contributed by atoms with Crippen LogP contribution < -0.4 is 5.43 Å². The van der Waals surface area contributed by atoms with Gasteiger partial charge in [0.15, 0.2) is 11.7 Å². The third-order valence-electron chi connectivity index (χ3n) is 2.95. The van der Waals surface area contributed by atoms with E-state index < -0.39 is 12.3 Å². The molecule has 0 aliphatic rings. The first-order valence-electron chi connectivity index (χ1n) is 6.53. The molecule has 0 saturated heterocycles. The fourth-order valence-corrected chi connectivity index (χ4v) is 1.86. The van der Waals surface area contributed by atoms with Gasteiger partial charge in [0.05, 0.1) is 13.2 Å². The summed E-state index contributed by atoms with van der Waals surface area (Å²) in [6.07, 6.45) is 1.72. The van der Waals surface area contributed by atoms with Gasteiger partial charge >= 0.3 is 5.97 Å². The van der Waals surface area contributed by atoms with Crippen LogP contribution in [-0.2, 0) is 27.2 Å². The average Bonchev–Trinajstić information content (AvgIpc) is 2.45. The van der Waals surface area contributed by atoms with Crippen molar-refractivity contribution in [1.29, 1.82) is 0 Å². The van der Waals surface area contributed by atoms with E-state index in [1.807, 2.05) is 6.92 Å². The van der Waals surface area contributed by atoms with Crippen LogP contribution in [0.15, 0.2) is 17.1 Å². The summed E-state index contributed by atoms with van der Waals surface area (Å²) >= 11 is 0. The van der Waals surface area contributed by atoms with Crippen molar-refractivity contribution in [2.45, 2.75) is 33.1 Å². The van der Waals surface area contributed by atoms with Crippen LogP contribution in [0, 0.1) is 0 Å². The Bertz CT molecular complexity index is 505. The summed E-state index contributed by atoms with van der Waals surface area (Å²) in [6, 6.07) is 1.45. The van der Waals surface area contributed by atoms with Gasteiger partial charge in [0.2, 0.25) is 0 Å². The van der Waals surface area contributed by atoms with E-state index in [0.717, 1.165) is 5.69 Å². The summed E-state index contributed by atoms with van der Waals surface area (Å²) in [5.74, 6) is -0.611. The number of carbonyl (C=O) groups excluding carboxylic acids is 1. The van der Waals surface area contributed by atoms with Crippen LogP contribution in [0.25, 0.3) is 0 Å². The van der Waals surface area contributed by atoms with Gasteiger partial charge in [-0.25, -0.2) is 4.79 Å². The van der Waals surface area contributed by atoms with E-state index in [-0.39, 0.29) is 17.6 Å². The number of aryl methyl sites for hydroxylation is 1. The van der Waals surface area contributed by atoms with Gasteiger partial charge < -0.3 is 18.8 Å². The Morgan fingerprint density at radius 2 is 1.95 bits per heavy atom. The summed E-state index contributed by atoms with van der Waals surface area (Å²) in [5, 5.41) is 0. The lowest BCUT2D eigenvalue weighted by molar-refractivity contribution is -0.111. The maximum atomic E-state index is 11.9. The smallest absolute Gasteiger partial charge is 0.343 e. The molecule has 1 aromatic heterocycles. The highest BCUT2D eigenvalue weighted by atomic mass is 16.7.